The van der Waals surface area contributed by atoms with E-state index in [0.717, 1.165) is 5.56 Å². The SMILES string of the molecule is O=C(Nc1ccc(O)cc1)c1ncc(-c2ccccc2)o1. The maximum atomic E-state index is 12.0. The van der Waals surface area contributed by atoms with Gasteiger partial charge in [-0.3, -0.25) is 4.79 Å². The second-order valence-electron chi connectivity index (χ2n) is 4.40. The van der Waals surface area contributed by atoms with E-state index in [0.29, 0.717) is 11.4 Å². The highest BCUT2D eigenvalue weighted by Gasteiger charge is 2.14. The summed E-state index contributed by atoms with van der Waals surface area (Å²) >= 11 is 0. The fourth-order valence-corrected chi connectivity index (χ4v) is 1.84. The molecule has 104 valence electrons. The Hall–Kier alpha value is -3.08. The minimum absolute atomic E-state index is 0.0121. The van der Waals surface area contributed by atoms with Crippen molar-refractivity contribution in [2.24, 2.45) is 0 Å². The van der Waals surface area contributed by atoms with Crippen molar-refractivity contribution >= 4 is 11.6 Å². The highest BCUT2D eigenvalue weighted by Crippen LogP contribution is 2.20. The number of carbonyl (C=O) groups excluding carboxylic acids is 1. The number of phenols is 1. The zero-order valence-corrected chi connectivity index (χ0v) is 11.0. The summed E-state index contributed by atoms with van der Waals surface area (Å²) < 4.78 is 5.45. The molecule has 0 aliphatic carbocycles. The standard InChI is InChI=1S/C16H12N2O3/c19-13-8-6-12(7-9-13)18-15(20)16-17-10-14(21-16)11-4-2-1-3-5-11/h1-10,19H,(H,18,20). The second-order valence-corrected chi connectivity index (χ2v) is 4.40. The fraction of sp³-hybridized carbons (Fsp3) is 0. The number of anilines is 1. The first-order chi connectivity index (χ1) is 10.2. The van der Waals surface area contributed by atoms with Gasteiger partial charge in [0.05, 0.1) is 6.20 Å². The molecule has 0 saturated heterocycles. The van der Waals surface area contributed by atoms with E-state index in [1.807, 2.05) is 30.3 Å². The number of amides is 1. The number of benzene rings is 2. The lowest BCUT2D eigenvalue weighted by atomic mass is 10.2. The molecule has 1 aromatic heterocycles. The summed E-state index contributed by atoms with van der Waals surface area (Å²) in [6.07, 6.45) is 1.51. The first-order valence-corrected chi connectivity index (χ1v) is 6.34. The molecule has 1 heterocycles. The first kappa shape index (κ1) is 12.9. The molecule has 0 fully saturated rings. The van der Waals surface area contributed by atoms with E-state index < -0.39 is 5.91 Å². The molecular formula is C16H12N2O3. The number of oxazole rings is 1. The maximum absolute atomic E-state index is 12.0. The summed E-state index contributed by atoms with van der Waals surface area (Å²) in [4.78, 5) is 16.0. The van der Waals surface area contributed by atoms with Crippen LogP contribution in [0.25, 0.3) is 11.3 Å². The van der Waals surface area contributed by atoms with Gasteiger partial charge in [-0.15, -0.1) is 0 Å². The van der Waals surface area contributed by atoms with Gasteiger partial charge in [-0.05, 0) is 24.3 Å². The van der Waals surface area contributed by atoms with E-state index in [1.54, 1.807) is 12.1 Å². The third-order valence-electron chi connectivity index (χ3n) is 2.88. The van der Waals surface area contributed by atoms with E-state index in [2.05, 4.69) is 10.3 Å². The molecule has 0 radical (unpaired) electrons. The van der Waals surface area contributed by atoms with Gasteiger partial charge in [0, 0.05) is 11.3 Å². The topological polar surface area (TPSA) is 75.4 Å². The van der Waals surface area contributed by atoms with Crippen LogP contribution >= 0.6 is 0 Å². The molecule has 0 aliphatic rings. The van der Waals surface area contributed by atoms with Crippen LogP contribution in [0.3, 0.4) is 0 Å². The summed E-state index contributed by atoms with van der Waals surface area (Å²) in [6, 6.07) is 15.6. The van der Waals surface area contributed by atoms with Crippen LogP contribution in [0.5, 0.6) is 5.75 Å². The molecular weight excluding hydrogens is 268 g/mol. The number of aromatic hydroxyl groups is 1. The van der Waals surface area contributed by atoms with Crippen LogP contribution < -0.4 is 5.32 Å². The molecule has 5 nitrogen and oxygen atoms in total. The van der Waals surface area contributed by atoms with Crippen molar-refractivity contribution in [3.8, 4) is 17.1 Å². The molecule has 0 bridgehead atoms. The van der Waals surface area contributed by atoms with Crippen molar-refractivity contribution in [1.82, 2.24) is 4.98 Å². The number of hydrogen-bond acceptors (Lipinski definition) is 4. The van der Waals surface area contributed by atoms with Crippen molar-refractivity contribution in [2.45, 2.75) is 0 Å². The average molecular weight is 280 g/mol. The highest BCUT2D eigenvalue weighted by molar-refractivity contribution is 6.01. The van der Waals surface area contributed by atoms with Crippen LogP contribution in [0.15, 0.2) is 65.2 Å². The lowest BCUT2D eigenvalue weighted by molar-refractivity contribution is 0.0991. The van der Waals surface area contributed by atoms with E-state index >= 15 is 0 Å². The van der Waals surface area contributed by atoms with E-state index in [9.17, 15) is 9.90 Å². The van der Waals surface area contributed by atoms with Crippen LogP contribution in [0.1, 0.15) is 10.7 Å². The minimum atomic E-state index is -0.442. The number of rotatable bonds is 3. The molecule has 0 atom stereocenters. The summed E-state index contributed by atoms with van der Waals surface area (Å²) in [5.41, 5.74) is 1.41. The Labute approximate surface area is 120 Å². The Morgan fingerprint density at radius 3 is 2.48 bits per heavy atom. The molecule has 5 heteroatoms. The van der Waals surface area contributed by atoms with Crippen molar-refractivity contribution in [3.63, 3.8) is 0 Å². The molecule has 0 spiro atoms. The average Bonchev–Trinajstić information content (AvgIpc) is 3.00. The largest absolute Gasteiger partial charge is 0.508 e. The highest BCUT2D eigenvalue weighted by atomic mass is 16.4. The molecule has 2 N–H and O–H groups in total. The van der Waals surface area contributed by atoms with Crippen LogP contribution in [0.2, 0.25) is 0 Å². The van der Waals surface area contributed by atoms with Gasteiger partial charge in [0.2, 0.25) is 0 Å². The van der Waals surface area contributed by atoms with Gasteiger partial charge in [0.15, 0.2) is 5.76 Å². The van der Waals surface area contributed by atoms with Gasteiger partial charge in [-0.1, -0.05) is 30.3 Å². The van der Waals surface area contributed by atoms with E-state index in [-0.39, 0.29) is 11.6 Å². The number of aromatic nitrogens is 1. The molecule has 3 aromatic rings. The molecule has 2 aromatic carbocycles. The maximum Gasteiger partial charge on any atom is 0.311 e. The predicted molar refractivity (Wildman–Crippen MR) is 78.0 cm³/mol. The van der Waals surface area contributed by atoms with Gasteiger partial charge in [0.1, 0.15) is 5.75 Å². The summed E-state index contributed by atoms with van der Waals surface area (Å²) in [5, 5.41) is 11.8. The Kier molecular flexibility index (Phi) is 3.39. The third-order valence-corrected chi connectivity index (χ3v) is 2.88. The second kappa shape index (κ2) is 5.50. The summed E-state index contributed by atoms with van der Waals surface area (Å²) in [7, 11) is 0. The number of carbonyl (C=O) groups is 1. The number of phenolic OH excluding ortho intramolecular Hbond substituents is 1. The van der Waals surface area contributed by atoms with Gasteiger partial charge >= 0.3 is 5.91 Å². The monoisotopic (exact) mass is 280 g/mol. The molecule has 0 aliphatic heterocycles. The molecule has 0 saturated carbocycles. The number of hydrogen-bond donors (Lipinski definition) is 2. The van der Waals surface area contributed by atoms with Crippen LogP contribution in [0, 0.1) is 0 Å². The van der Waals surface area contributed by atoms with Crippen LogP contribution in [-0.2, 0) is 0 Å². The quantitative estimate of drug-likeness (QED) is 0.722. The van der Waals surface area contributed by atoms with Crippen molar-refractivity contribution < 1.29 is 14.3 Å². The third kappa shape index (κ3) is 2.92. The van der Waals surface area contributed by atoms with Crippen molar-refractivity contribution in [2.75, 3.05) is 5.32 Å². The Bertz CT molecular complexity index is 749. The lowest BCUT2D eigenvalue weighted by Gasteiger charge is -2.02. The molecule has 3 rings (SSSR count). The Morgan fingerprint density at radius 1 is 1.05 bits per heavy atom. The molecule has 21 heavy (non-hydrogen) atoms. The predicted octanol–water partition coefficient (Wildman–Crippen LogP) is 3.30. The van der Waals surface area contributed by atoms with E-state index in [1.165, 1.54) is 18.3 Å². The molecule has 1 amide bonds. The van der Waals surface area contributed by atoms with E-state index in [4.69, 9.17) is 4.42 Å². The zero-order valence-electron chi connectivity index (χ0n) is 11.0. The van der Waals surface area contributed by atoms with Crippen molar-refractivity contribution in [3.05, 3.63) is 66.7 Å². The van der Waals surface area contributed by atoms with Gasteiger partial charge in [-0.25, -0.2) is 4.98 Å². The summed E-state index contributed by atoms with van der Waals surface area (Å²) in [5.74, 6) is 0.215. The first-order valence-electron chi connectivity index (χ1n) is 6.34. The van der Waals surface area contributed by atoms with Crippen LogP contribution in [-0.4, -0.2) is 16.0 Å². The van der Waals surface area contributed by atoms with Crippen LogP contribution in [0.4, 0.5) is 5.69 Å². The zero-order chi connectivity index (χ0) is 14.7. The lowest BCUT2D eigenvalue weighted by Crippen LogP contribution is -2.11. The number of nitrogens with zero attached hydrogens (tertiary/aromatic N) is 1. The minimum Gasteiger partial charge on any atom is -0.508 e. The normalized spacial score (nSPS) is 10.3. The van der Waals surface area contributed by atoms with Gasteiger partial charge < -0.3 is 14.8 Å². The molecule has 0 unspecified atom stereocenters. The smallest absolute Gasteiger partial charge is 0.311 e. The van der Waals surface area contributed by atoms with Gasteiger partial charge in [-0.2, -0.15) is 0 Å². The Morgan fingerprint density at radius 2 is 1.76 bits per heavy atom. The Balaban J connectivity index is 1.77. The fourth-order valence-electron chi connectivity index (χ4n) is 1.84. The van der Waals surface area contributed by atoms with Crippen molar-refractivity contribution in [1.29, 1.82) is 0 Å². The number of nitrogens with one attached hydrogen (secondary N) is 1. The van der Waals surface area contributed by atoms with Gasteiger partial charge in [0.25, 0.3) is 5.89 Å². The summed E-state index contributed by atoms with van der Waals surface area (Å²) in [6.45, 7) is 0.